The largest absolute Gasteiger partial charge is 0.462 e. The lowest BCUT2D eigenvalue weighted by atomic mass is 9.44. The van der Waals surface area contributed by atoms with Gasteiger partial charge in [0.05, 0.1) is 12.2 Å². The van der Waals surface area contributed by atoms with E-state index < -0.39 is 17.7 Å². The minimum absolute atomic E-state index is 0.00135. The zero-order valence-electron chi connectivity index (χ0n) is 29.4. The Morgan fingerprint density at radius 2 is 1.53 bits per heavy atom. The van der Waals surface area contributed by atoms with E-state index in [-0.39, 0.29) is 29.3 Å². The topological polar surface area (TPSA) is 92.8 Å². The lowest BCUT2D eigenvalue weighted by molar-refractivity contribution is -0.149. The summed E-state index contributed by atoms with van der Waals surface area (Å²) < 4.78 is 5.86. The average Bonchev–Trinajstić information content (AvgIpc) is 3.28. The summed E-state index contributed by atoms with van der Waals surface area (Å²) in [6, 6.07) is 0. The Morgan fingerprint density at radius 1 is 0.907 bits per heavy atom. The van der Waals surface area contributed by atoms with Gasteiger partial charge < -0.3 is 20.7 Å². The molecule has 0 heterocycles. The summed E-state index contributed by atoms with van der Waals surface area (Å²) in [5.41, 5.74) is 9.80. The van der Waals surface area contributed by atoms with Crippen LogP contribution in [0.3, 0.4) is 0 Å². The number of carbonyl (C=O) groups is 1. The van der Waals surface area contributed by atoms with E-state index in [0.29, 0.717) is 23.2 Å². The Kier molecular flexibility index (Phi) is 10.6. The Bertz CT molecular complexity index is 1000. The van der Waals surface area contributed by atoms with Crippen molar-refractivity contribution in [3.05, 3.63) is 11.1 Å². The van der Waals surface area contributed by atoms with E-state index in [1.807, 2.05) is 13.8 Å². The highest BCUT2D eigenvalue weighted by Crippen LogP contribution is 2.69. The van der Waals surface area contributed by atoms with Crippen molar-refractivity contribution < 1.29 is 19.7 Å². The lowest BCUT2D eigenvalue weighted by Crippen LogP contribution is -2.62. The number of hydrogen-bond acceptors (Lipinski definition) is 5. The Labute approximate surface area is 264 Å². The molecular formula is C38H67NO4. The first kappa shape index (κ1) is 35.0. The van der Waals surface area contributed by atoms with Gasteiger partial charge in [0.25, 0.3) is 0 Å². The number of aliphatic hydroxyl groups is 2. The van der Waals surface area contributed by atoms with Crippen LogP contribution in [0.5, 0.6) is 0 Å². The monoisotopic (exact) mass is 602 g/mol. The number of hydrogen-bond donors (Lipinski definition) is 3. The minimum atomic E-state index is -0.849. The molecule has 4 aliphatic rings. The SMILES string of the molecule is CC(=O)O[C@H]1CC[C@@]2(C)C(=C(C(N)(C(C)C(C)O)C(C)C(C)O)C[C@H]3[C@@H]4CC[C@H]([C@H](C)CCCC(C)C)[C@@]4(C)CC[C@@H]32)C1. The van der Waals surface area contributed by atoms with Crippen LogP contribution in [0.1, 0.15) is 140 Å². The summed E-state index contributed by atoms with van der Waals surface area (Å²) in [4.78, 5) is 12.1. The smallest absolute Gasteiger partial charge is 0.302 e. The summed E-state index contributed by atoms with van der Waals surface area (Å²) in [6.07, 6.45) is 11.5. The number of nitrogens with two attached hydrogens (primary N) is 1. The van der Waals surface area contributed by atoms with Crippen LogP contribution in [-0.4, -0.2) is 40.0 Å². The Morgan fingerprint density at radius 3 is 2.09 bits per heavy atom. The zero-order chi connectivity index (χ0) is 32.1. The number of ether oxygens (including phenoxy) is 1. The molecule has 0 saturated heterocycles. The van der Waals surface area contributed by atoms with E-state index in [9.17, 15) is 15.0 Å². The van der Waals surface area contributed by atoms with Crippen molar-refractivity contribution in [3.8, 4) is 0 Å². The van der Waals surface area contributed by atoms with Gasteiger partial charge in [0, 0.05) is 30.7 Å². The lowest BCUT2D eigenvalue weighted by Gasteiger charge is -2.62. The van der Waals surface area contributed by atoms with Gasteiger partial charge in [0.2, 0.25) is 0 Å². The summed E-state index contributed by atoms with van der Waals surface area (Å²) in [7, 11) is 0. The van der Waals surface area contributed by atoms with Crippen molar-refractivity contribution in [3.63, 3.8) is 0 Å². The molecule has 4 N–H and O–H groups in total. The average molecular weight is 602 g/mol. The van der Waals surface area contributed by atoms with Gasteiger partial charge in [-0.15, -0.1) is 0 Å². The van der Waals surface area contributed by atoms with Crippen LogP contribution >= 0.6 is 0 Å². The van der Waals surface area contributed by atoms with Gasteiger partial charge in [-0.1, -0.05) is 73.3 Å². The van der Waals surface area contributed by atoms with Crippen LogP contribution in [0.25, 0.3) is 0 Å². The van der Waals surface area contributed by atoms with E-state index in [2.05, 4.69) is 48.5 Å². The second-order valence-electron chi connectivity index (χ2n) is 17.0. The molecule has 0 aromatic rings. The van der Waals surface area contributed by atoms with E-state index >= 15 is 0 Å². The highest BCUT2D eigenvalue weighted by Gasteiger charge is 2.62. The molecular weight excluding hydrogens is 534 g/mol. The molecule has 0 aromatic heterocycles. The molecule has 0 amide bonds. The fourth-order valence-corrected chi connectivity index (χ4v) is 11.3. The first-order valence-corrected chi connectivity index (χ1v) is 18.0. The van der Waals surface area contributed by atoms with E-state index in [0.717, 1.165) is 43.4 Å². The first-order chi connectivity index (χ1) is 20.0. The predicted octanol–water partition coefficient (Wildman–Crippen LogP) is 8.06. The second-order valence-corrected chi connectivity index (χ2v) is 17.0. The second kappa shape index (κ2) is 13.1. The van der Waals surface area contributed by atoms with Gasteiger partial charge in [-0.2, -0.15) is 0 Å². The molecule has 4 aliphatic carbocycles. The summed E-state index contributed by atoms with van der Waals surface area (Å²) in [5.74, 6) is 3.50. The Hall–Kier alpha value is -0.910. The molecule has 3 saturated carbocycles. The third kappa shape index (κ3) is 6.27. The third-order valence-electron chi connectivity index (χ3n) is 14.2. The van der Waals surface area contributed by atoms with Crippen LogP contribution in [0.4, 0.5) is 0 Å². The fraction of sp³-hybridized carbons (Fsp3) is 0.921. The van der Waals surface area contributed by atoms with Crippen molar-refractivity contribution in [1.29, 1.82) is 0 Å². The molecule has 248 valence electrons. The maximum atomic E-state index is 12.1. The molecule has 0 aromatic carbocycles. The predicted molar refractivity (Wildman–Crippen MR) is 176 cm³/mol. The maximum Gasteiger partial charge on any atom is 0.302 e. The van der Waals surface area contributed by atoms with Crippen molar-refractivity contribution in [2.24, 2.45) is 63.9 Å². The van der Waals surface area contributed by atoms with Gasteiger partial charge in [-0.05, 0) is 111 Å². The first-order valence-electron chi connectivity index (χ1n) is 18.0. The molecule has 4 rings (SSSR count). The van der Waals surface area contributed by atoms with E-state index in [4.69, 9.17) is 10.5 Å². The molecule has 5 nitrogen and oxygen atoms in total. The molecule has 3 fully saturated rings. The van der Waals surface area contributed by atoms with Crippen LogP contribution in [-0.2, 0) is 9.53 Å². The molecule has 5 heteroatoms. The van der Waals surface area contributed by atoms with E-state index in [1.54, 1.807) is 0 Å². The summed E-state index contributed by atoms with van der Waals surface area (Å²) in [5, 5.41) is 22.0. The zero-order valence-corrected chi connectivity index (χ0v) is 29.4. The molecule has 0 spiro atoms. The summed E-state index contributed by atoms with van der Waals surface area (Å²) in [6.45, 7) is 21.7. The standard InChI is InChI=1S/C38H67NO4/c1-22(2)12-11-13-23(3)31-14-15-32-30-21-35(38(39,24(4)26(6)40)25(5)27(7)41)34-20-29(43-28(8)42)16-18-37(34,10)33(30)17-19-36(31,32)9/h22-27,29-33,40-41H,11-21,39H2,1-10H3/t23-,24?,25?,26?,27?,29+,30+,31-,32+,33+,36-,37-,38?/m1/s1. The molecule has 4 unspecified atom stereocenters. The highest BCUT2D eigenvalue weighted by molar-refractivity contribution is 5.66. The van der Waals surface area contributed by atoms with Gasteiger partial charge in [-0.25, -0.2) is 0 Å². The van der Waals surface area contributed by atoms with Crippen molar-refractivity contribution >= 4 is 5.97 Å². The third-order valence-corrected chi connectivity index (χ3v) is 14.2. The quantitative estimate of drug-likeness (QED) is 0.165. The van der Waals surface area contributed by atoms with Crippen LogP contribution in [0.15, 0.2) is 11.1 Å². The number of rotatable bonds is 11. The number of fused-ring (bicyclic) bond motifs is 5. The van der Waals surface area contributed by atoms with Gasteiger partial charge >= 0.3 is 5.97 Å². The van der Waals surface area contributed by atoms with Gasteiger partial charge in [-0.3, -0.25) is 4.79 Å². The number of esters is 1. The van der Waals surface area contributed by atoms with Crippen molar-refractivity contribution in [2.45, 2.75) is 164 Å². The highest BCUT2D eigenvalue weighted by atomic mass is 16.5. The van der Waals surface area contributed by atoms with Gasteiger partial charge in [0.15, 0.2) is 0 Å². The molecule has 43 heavy (non-hydrogen) atoms. The molecule has 0 bridgehead atoms. The molecule has 0 radical (unpaired) electrons. The maximum absolute atomic E-state index is 12.1. The Balaban J connectivity index is 1.78. The van der Waals surface area contributed by atoms with Crippen LogP contribution < -0.4 is 5.73 Å². The molecule has 0 aliphatic heterocycles. The van der Waals surface area contributed by atoms with Crippen molar-refractivity contribution in [1.82, 2.24) is 0 Å². The van der Waals surface area contributed by atoms with Gasteiger partial charge in [0.1, 0.15) is 6.10 Å². The number of aliphatic hydroxyl groups excluding tert-OH is 2. The van der Waals surface area contributed by atoms with Crippen LogP contribution in [0, 0.1) is 58.2 Å². The summed E-state index contributed by atoms with van der Waals surface area (Å²) >= 11 is 0. The number of carbonyl (C=O) groups excluding carboxylic acids is 1. The fourth-order valence-electron chi connectivity index (χ4n) is 11.3. The normalized spacial score (nSPS) is 39.2. The van der Waals surface area contributed by atoms with Crippen LogP contribution in [0.2, 0.25) is 0 Å². The molecule has 12 atom stereocenters. The van der Waals surface area contributed by atoms with E-state index in [1.165, 1.54) is 63.0 Å². The van der Waals surface area contributed by atoms with Crippen molar-refractivity contribution in [2.75, 3.05) is 0 Å². The minimum Gasteiger partial charge on any atom is -0.462 e.